The van der Waals surface area contributed by atoms with Crippen LogP contribution in [0.2, 0.25) is 0 Å². The van der Waals surface area contributed by atoms with E-state index in [1.807, 2.05) is 0 Å². The lowest BCUT2D eigenvalue weighted by molar-refractivity contribution is 0.414. The van der Waals surface area contributed by atoms with Gasteiger partial charge in [-0.15, -0.1) is 0 Å². The van der Waals surface area contributed by atoms with E-state index in [0.717, 1.165) is 0 Å². The molecule has 7 nitrogen and oxygen atoms in total. The van der Waals surface area contributed by atoms with Crippen LogP contribution in [0.4, 0.5) is 11.4 Å². The third-order valence-corrected chi connectivity index (χ3v) is 3.92. The van der Waals surface area contributed by atoms with Crippen molar-refractivity contribution in [2.75, 3.05) is 17.6 Å². The minimum Gasteiger partial charge on any atom is -0.497 e. The summed E-state index contributed by atoms with van der Waals surface area (Å²) in [6.07, 6.45) is 2.97. The van der Waals surface area contributed by atoms with Crippen molar-refractivity contribution in [3.05, 3.63) is 30.6 Å². The SMILES string of the molecule is COc1ccc(S(=O)(=O)Nc2cnn(C)c2)c(N)c1. The Balaban J connectivity index is 2.34. The highest BCUT2D eigenvalue weighted by molar-refractivity contribution is 7.92. The zero-order valence-electron chi connectivity index (χ0n) is 10.5. The smallest absolute Gasteiger partial charge is 0.264 e. The van der Waals surface area contributed by atoms with Gasteiger partial charge in [-0.2, -0.15) is 5.10 Å². The van der Waals surface area contributed by atoms with Crippen molar-refractivity contribution in [2.24, 2.45) is 7.05 Å². The second-order valence-electron chi connectivity index (χ2n) is 3.91. The average Bonchev–Trinajstić information content (AvgIpc) is 2.73. The highest BCUT2D eigenvalue weighted by atomic mass is 32.2. The number of methoxy groups -OCH3 is 1. The first-order chi connectivity index (χ1) is 8.92. The van der Waals surface area contributed by atoms with Gasteiger partial charge in [0.1, 0.15) is 10.6 Å². The number of nitrogens with one attached hydrogen (secondary N) is 1. The molecule has 0 saturated carbocycles. The number of hydrogen-bond acceptors (Lipinski definition) is 5. The summed E-state index contributed by atoms with van der Waals surface area (Å²) in [4.78, 5) is -0.00264. The molecule has 0 saturated heterocycles. The summed E-state index contributed by atoms with van der Waals surface area (Å²) in [6, 6.07) is 4.39. The topological polar surface area (TPSA) is 99.2 Å². The monoisotopic (exact) mass is 282 g/mol. The summed E-state index contributed by atoms with van der Waals surface area (Å²) in [5.74, 6) is 0.498. The number of anilines is 2. The van der Waals surface area contributed by atoms with Crippen LogP contribution in [0.3, 0.4) is 0 Å². The van der Waals surface area contributed by atoms with Gasteiger partial charge in [0, 0.05) is 19.3 Å². The fourth-order valence-electron chi connectivity index (χ4n) is 1.58. The predicted molar refractivity (Wildman–Crippen MR) is 71.4 cm³/mol. The van der Waals surface area contributed by atoms with Crippen LogP contribution in [-0.4, -0.2) is 25.3 Å². The molecule has 0 radical (unpaired) electrons. The maximum absolute atomic E-state index is 12.2. The van der Waals surface area contributed by atoms with Crippen LogP contribution in [0.15, 0.2) is 35.5 Å². The molecule has 2 rings (SSSR count). The summed E-state index contributed by atoms with van der Waals surface area (Å²) in [7, 11) is -0.563. The van der Waals surface area contributed by atoms with E-state index < -0.39 is 10.0 Å². The second kappa shape index (κ2) is 4.81. The first-order valence-electron chi connectivity index (χ1n) is 5.37. The third kappa shape index (κ3) is 2.79. The molecule has 0 atom stereocenters. The molecule has 0 aliphatic rings. The zero-order valence-corrected chi connectivity index (χ0v) is 11.3. The number of ether oxygens (including phenoxy) is 1. The first-order valence-corrected chi connectivity index (χ1v) is 6.85. The summed E-state index contributed by atoms with van der Waals surface area (Å²) >= 11 is 0. The largest absolute Gasteiger partial charge is 0.497 e. The van der Waals surface area contributed by atoms with Crippen LogP contribution in [0, 0.1) is 0 Å². The lowest BCUT2D eigenvalue weighted by Gasteiger charge is -2.09. The number of nitrogens with two attached hydrogens (primary N) is 1. The molecular weight excluding hydrogens is 268 g/mol. The van der Waals surface area contributed by atoms with E-state index >= 15 is 0 Å². The summed E-state index contributed by atoms with van der Waals surface area (Å²) in [5, 5.41) is 3.88. The maximum atomic E-state index is 12.2. The molecule has 0 fully saturated rings. The van der Waals surface area contributed by atoms with Crippen molar-refractivity contribution in [2.45, 2.75) is 4.90 Å². The number of benzene rings is 1. The standard InChI is InChI=1S/C11H14N4O3S/c1-15-7-8(6-13-15)14-19(16,17)11-4-3-9(18-2)5-10(11)12/h3-7,14H,12H2,1-2H3. The number of aryl methyl sites for hydroxylation is 1. The molecule has 0 bridgehead atoms. The van der Waals surface area contributed by atoms with E-state index in [4.69, 9.17) is 10.5 Å². The van der Waals surface area contributed by atoms with Gasteiger partial charge in [0.2, 0.25) is 0 Å². The number of aromatic nitrogens is 2. The lowest BCUT2D eigenvalue weighted by atomic mass is 10.3. The summed E-state index contributed by atoms with van der Waals surface area (Å²) in [5.41, 5.74) is 6.22. The third-order valence-electron chi connectivity index (χ3n) is 2.46. The summed E-state index contributed by atoms with van der Waals surface area (Å²) < 4.78 is 33.2. The number of nitrogen functional groups attached to an aromatic ring is 1. The Morgan fingerprint density at radius 3 is 2.68 bits per heavy atom. The van der Waals surface area contributed by atoms with E-state index in [9.17, 15) is 8.42 Å². The van der Waals surface area contributed by atoms with Crippen molar-refractivity contribution in [1.82, 2.24) is 9.78 Å². The van der Waals surface area contributed by atoms with Crippen molar-refractivity contribution in [3.8, 4) is 5.75 Å². The molecule has 102 valence electrons. The quantitative estimate of drug-likeness (QED) is 0.808. The van der Waals surface area contributed by atoms with Crippen molar-refractivity contribution in [1.29, 1.82) is 0 Å². The molecule has 2 aromatic rings. The highest BCUT2D eigenvalue weighted by Gasteiger charge is 2.18. The van der Waals surface area contributed by atoms with E-state index in [1.165, 1.54) is 36.2 Å². The molecule has 0 spiro atoms. The van der Waals surface area contributed by atoms with E-state index in [0.29, 0.717) is 11.4 Å². The van der Waals surface area contributed by atoms with Crippen LogP contribution in [0.1, 0.15) is 0 Å². The molecule has 1 heterocycles. The highest BCUT2D eigenvalue weighted by Crippen LogP contribution is 2.25. The molecule has 0 unspecified atom stereocenters. The van der Waals surface area contributed by atoms with E-state index in [2.05, 4.69) is 9.82 Å². The Morgan fingerprint density at radius 1 is 1.42 bits per heavy atom. The predicted octanol–water partition coefficient (Wildman–Crippen LogP) is 0.812. The Morgan fingerprint density at radius 2 is 2.16 bits per heavy atom. The van der Waals surface area contributed by atoms with Crippen molar-refractivity contribution < 1.29 is 13.2 Å². The molecule has 1 aromatic heterocycles. The van der Waals surface area contributed by atoms with Gasteiger partial charge in [-0.3, -0.25) is 9.40 Å². The van der Waals surface area contributed by atoms with Crippen LogP contribution in [0.5, 0.6) is 5.75 Å². The number of rotatable bonds is 4. The van der Waals surface area contributed by atoms with Gasteiger partial charge >= 0.3 is 0 Å². The van der Waals surface area contributed by atoms with Gasteiger partial charge in [0.05, 0.1) is 24.7 Å². The summed E-state index contributed by atoms with van der Waals surface area (Å²) in [6.45, 7) is 0. The molecule has 19 heavy (non-hydrogen) atoms. The van der Waals surface area contributed by atoms with Crippen LogP contribution >= 0.6 is 0 Å². The van der Waals surface area contributed by atoms with Gasteiger partial charge in [-0.05, 0) is 12.1 Å². The molecule has 1 aromatic carbocycles. The van der Waals surface area contributed by atoms with Gasteiger partial charge in [-0.25, -0.2) is 8.42 Å². The van der Waals surface area contributed by atoms with E-state index in [1.54, 1.807) is 13.2 Å². The van der Waals surface area contributed by atoms with Crippen LogP contribution in [0.25, 0.3) is 0 Å². The van der Waals surface area contributed by atoms with Crippen molar-refractivity contribution >= 4 is 21.4 Å². The number of nitrogens with zero attached hydrogens (tertiary/aromatic N) is 2. The minimum atomic E-state index is -3.74. The maximum Gasteiger partial charge on any atom is 0.264 e. The second-order valence-corrected chi connectivity index (χ2v) is 5.56. The molecule has 0 aliphatic heterocycles. The first kappa shape index (κ1) is 13.2. The molecule has 0 amide bonds. The Hall–Kier alpha value is -2.22. The van der Waals surface area contributed by atoms with Crippen LogP contribution < -0.4 is 15.2 Å². The molecule has 8 heteroatoms. The minimum absolute atomic E-state index is 0.00264. The van der Waals surface area contributed by atoms with Crippen molar-refractivity contribution in [3.63, 3.8) is 0 Å². The Labute approximate surface area is 111 Å². The zero-order chi connectivity index (χ0) is 14.0. The Bertz CT molecular complexity index is 694. The van der Waals surface area contributed by atoms with Gasteiger partial charge in [0.15, 0.2) is 0 Å². The van der Waals surface area contributed by atoms with Gasteiger partial charge in [-0.1, -0.05) is 0 Å². The fraction of sp³-hybridized carbons (Fsp3) is 0.182. The number of hydrogen-bond donors (Lipinski definition) is 2. The molecule has 3 N–H and O–H groups in total. The number of sulfonamides is 1. The average molecular weight is 282 g/mol. The van der Waals surface area contributed by atoms with Crippen LogP contribution in [-0.2, 0) is 17.1 Å². The normalized spacial score (nSPS) is 11.3. The Kier molecular flexibility index (Phi) is 3.34. The van der Waals surface area contributed by atoms with E-state index in [-0.39, 0.29) is 10.6 Å². The molecular formula is C11H14N4O3S. The van der Waals surface area contributed by atoms with Gasteiger partial charge in [0.25, 0.3) is 10.0 Å². The fourth-order valence-corrected chi connectivity index (χ4v) is 2.72. The van der Waals surface area contributed by atoms with Gasteiger partial charge < -0.3 is 10.5 Å². The molecule has 0 aliphatic carbocycles. The lowest BCUT2D eigenvalue weighted by Crippen LogP contribution is -2.14.